The maximum Gasteiger partial charge on any atom is 0.110 e. The molecule has 0 aromatic carbocycles. The highest BCUT2D eigenvalue weighted by atomic mass is 19.1. The summed E-state index contributed by atoms with van der Waals surface area (Å²) in [5, 5.41) is 8.21. The third-order valence-electron chi connectivity index (χ3n) is 0.366. The first-order valence-corrected chi connectivity index (χ1v) is 1.84. The highest BCUT2D eigenvalue weighted by Gasteiger charge is 1.80. The fraction of sp³-hybridized carbons (Fsp3) is 0.200. The molecular formula is C5H7FO. The minimum Gasteiger partial charge on any atom is -0.508 e. The van der Waals surface area contributed by atoms with E-state index in [0.29, 0.717) is 0 Å². The molecule has 0 heterocycles. The third-order valence-corrected chi connectivity index (χ3v) is 0.366. The zero-order valence-corrected chi connectivity index (χ0v) is 4.11. The highest BCUT2D eigenvalue weighted by molar-refractivity contribution is 5.07. The molecule has 40 valence electrons. The largest absolute Gasteiger partial charge is 0.508 e. The monoisotopic (exact) mass is 102 g/mol. The average molecular weight is 102 g/mol. The zero-order valence-electron chi connectivity index (χ0n) is 4.11. The summed E-state index contributed by atoms with van der Waals surface area (Å²) < 4.78 is 11.6. The van der Waals surface area contributed by atoms with Crippen LogP contribution in [0.5, 0.6) is 0 Å². The van der Waals surface area contributed by atoms with Gasteiger partial charge in [-0.15, -0.1) is 0 Å². The Bertz CT molecular complexity index is 101. The maximum absolute atomic E-state index is 11.6. The standard InChI is InChI=1S/C5H7FO/c1-4(6)3-5(2)7/h3,7H,2H2,1H3/b4-3+. The molecule has 0 unspecified atom stereocenters. The second-order valence-corrected chi connectivity index (χ2v) is 1.22. The van der Waals surface area contributed by atoms with Gasteiger partial charge < -0.3 is 5.11 Å². The lowest BCUT2D eigenvalue weighted by Gasteiger charge is -1.81. The van der Waals surface area contributed by atoms with Crippen molar-refractivity contribution in [3.63, 3.8) is 0 Å². The van der Waals surface area contributed by atoms with Gasteiger partial charge in [0, 0.05) is 6.08 Å². The minimum absolute atomic E-state index is 0.250. The maximum atomic E-state index is 11.6. The molecule has 2 heteroatoms. The van der Waals surface area contributed by atoms with Crippen molar-refractivity contribution in [2.45, 2.75) is 6.92 Å². The molecule has 0 amide bonds. The molecule has 0 atom stereocenters. The van der Waals surface area contributed by atoms with Crippen LogP contribution in [0.3, 0.4) is 0 Å². The molecule has 0 aliphatic heterocycles. The van der Waals surface area contributed by atoms with Gasteiger partial charge in [-0.2, -0.15) is 0 Å². The van der Waals surface area contributed by atoms with Gasteiger partial charge in [0.2, 0.25) is 0 Å². The highest BCUT2D eigenvalue weighted by Crippen LogP contribution is 1.95. The summed E-state index contributed by atoms with van der Waals surface area (Å²) in [7, 11) is 0. The fourth-order valence-corrected chi connectivity index (χ4v) is 0.230. The van der Waals surface area contributed by atoms with Gasteiger partial charge in [0.25, 0.3) is 0 Å². The van der Waals surface area contributed by atoms with Crippen LogP contribution >= 0.6 is 0 Å². The summed E-state index contributed by atoms with van der Waals surface area (Å²) in [6.07, 6.45) is 0.944. The molecule has 0 rings (SSSR count). The average Bonchev–Trinajstić information content (AvgIpc) is 1.27. The zero-order chi connectivity index (χ0) is 5.86. The first-order valence-electron chi connectivity index (χ1n) is 1.84. The van der Waals surface area contributed by atoms with Crippen molar-refractivity contribution < 1.29 is 9.50 Å². The van der Waals surface area contributed by atoms with E-state index in [1.54, 1.807) is 0 Å². The van der Waals surface area contributed by atoms with Crippen molar-refractivity contribution in [1.29, 1.82) is 0 Å². The van der Waals surface area contributed by atoms with Gasteiger partial charge in [-0.3, -0.25) is 0 Å². The number of aliphatic hydroxyl groups excluding tert-OH is 1. The van der Waals surface area contributed by atoms with Crippen molar-refractivity contribution in [3.8, 4) is 0 Å². The van der Waals surface area contributed by atoms with Gasteiger partial charge in [-0.1, -0.05) is 6.58 Å². The first kappa shape index (κ1) is 6.21. The Balaban J connectivity index is 3.68. The van der Waals surface area contributed by atoms with Gasteiger partial charge >= 0.3 is 0 Å². The van der Waals surface area contributed by atoms with E-state index in [4.69, 9.17) is 5.11 Å². The summed E-state index contributed by atoms with van der Waals surface area (Å²) in [6.45, 7) is 4.27. The summed E-state index contributed by atoms with van der Waals surface area (Å²) in [5.74, 6) is -0.687. The molecule has 0 saturated carbocycles. The molecule has 0 aliphatic carbocycles. The molecule has 0 aliphatic rings. The molecule has 1 nitrogen and oxygen atoms in total. The summed E-state index contributed by atoms with van der Waals surface area (Å²) >= 11 is 0. The van der Waals surface area contributed by atoms with Crippen molar-refractivity contribution in [2.24, 2.45) is 0 Å². The Labute approximate surface area is 41.8 Å². The SMILES string of the molecule is C=C(O)/C=C(\C)F. The molecule has 0 fully saturated rings. The Kier molecular flexibility index (Phi) is 2.12. The van der Waals surface area contributed by atoms with Gasteiger partial charge in [0.1, 0.15) is 11.6 Å². The summed E-state index contributed by atoms with van der Waals surface area (Å²) in [4.78, 5) is 0. The number of aliphatic hydroxyl groups is 1. The number of hydrogen-bond acceptors (Lipinski definition) is 1. The van der Waals surface area contributed by atoms with E-state index in [2.05, 4.69) is 6.58 Å². The van der Waals surface area contributed by atoms with Crippen LogP contribution in [-0.4, -0.2) is 5.11 Å². The lowest BCUT2D eigenvalue weighted by atomic mass is 10.4. The number of allylic oxidation sites excluding steroid dienone is 2. The smallest absolute Gasteiger partial charge is 0.110 e. The molecule has 1 N–H and O–H groups in total. The van der Waals surface area contributed by atoms with E-state index >= 15 is 0 Å². The van der Waals surface area contributed by atoms with E-state index in [-0.39, 0.29) is 5.76 Å². The van der Waals surface area contributed by atoms with E-state index < -0.39 is 5.83 Å². The second-order valence-electron chi connectivity index (χ2n) is 1.22. The van der Waals surface area contributed by atoms with Crippen LogP contribution in [0.4, 0.5) is 4.39 Å². The second kappa shape index (κ2) is 2.39. The lowest BCUT2D eigenvalue weighted by Crippen LogP contribution is -1.67. The van der Waals surface area contributed by atoms with Crippen molar-refractivity contribution in [1.82, 2.24) is 0 Å². The van der Waals surface area contributed by atoms with Crippen LogP contribution < -0.4 is 0 Å². The van der Waals surface area contributed by atoms with Crippen molar-refractivity contribution in [3.05, 3.63) is 24.2 Å². The third kappa shape index (κ3) is 5.21. The number of hydrogen-bond donors (Lipinski definition) is 1. The molecule has 0 aromatic rings. The Morgan fingerprint density at radius 1 is 1.86 bits per heavy atom. The summed E-state index contributed by atoms with van der Waals surface area (Å²) in [5.41, 5.74) is 0. The van der Waals surface area contributed by atoms with Crippen LogP contribution in [0, 0.1) is 0 Å². The Hall–Kier alpha value is -0.790. The molecule has 0 radical (unpaired) electrons. The van der Waals surface area contributed by atoms with Gasteiger partial charge in [0.15, 0.2) is 0 Å². The predicted octanol–water partition coefficient (Wildman–Crippen LogP) is 1.93. The van der Waals surface area contributed by atoms with Crippen LogP contribution in [0.15, 0.2) is 24.2 Å². The topological polar surface area (TPSA) is 20.2 Å². The minimum atomic E-state index is -0.437. The molecule has 0 bridgehead atoms. The van der Waals surface area contributed by atoms with Crippen molar-refractivity contribution in [2.75, 3.05) is 0 Å². The van der Waals surface area contributed by atoms with Crippen LogP contribution in [0.2, 0.25) is 0 Å². The van der Waals surface area contributed by atoms with E-state index in [1.165, 1.54) is 6.92 Å². The van der Waals surface area contributed by atoms with E-state index in [0.717, 1.165) is 6.08 Å². The first-order chi connectivity index (χ1) is 3.13. The van der Waals surface area contributed by atoms with Crippen molar-refractivity contribution >= 4 is 0 Å². The Morgan fingerprint density at radius 2 is 2.29 bits per heavy atom. The van der Waals surface area contributed by atoms with Gasteiger partial charge in [-0.05, 0) is 6.92 Å². The molecule has 0 saturated heterocycles. The van der Waals surface area contributed by atoms with E-state index in [9.17, 15) is 4.39 Å². The van der Waals surface area contributed by atoms with Crippen LogP contribution in [0.25, 0.3) is 0 Å². The molecule has 0 spiro atoms. The quantitative estimate of drug-likeness (QED) is 0.396. The van der Waals surface area contributed by atoms with Gasteiger partial charge in [-0.25, -0.2) is 4.39 Å². The van der Waals surface area contributed by atoms with Gasteiger partial charge in [0.05, 0.1) is 0 Å². The normalized spacial score (nSPS) is 11.4. The van der Waals surface area contributed by atoms with Crippen LogP contribution in [-0.2, 0) is 0 Å². The molecule has 7 heavy (non-hydrogen) atoms. The van der Waals surface area contributed by atoms with E-state index in [1.807, 2.05) is 0 Å². The molecular weight excluding hydrogens is 95.1 g/mol. The van der Waals surface area contributed by atoms with Crippen LogP contribution in [0.1, 0.15) is 6.92 Å². The fourth-order valence-electron chi connectivity index (χ4n) is 0.230. The molecule has 0 aromatic heterocycles. The Morgan fingerprint density at radius 3 is 2.29 bits per heavy atom. The number of halogens is 1. The predicted molar refractivity (Wildman–Crippen MR) is 26.6 cm³/mol. The number of rotatable bonds is 1. The summed E-state index contributed by atoms with van der Waals surface area (Å²) in [6, 6.07) is 0. The lowest BCUT2D eigenvalue weighted by molar-refractivity contribution is 0.431.